The van der Waals surface area contributed by atoms with Crippen molar-refractivity contribution >= 4 is 0 Å². The molecule has 5 heteroatoms. The second-order valence-corrected chi connectivity index (χ2v) is 6.32. The van der Waals surface area contributed by atoms with Crippen LogP contribution in [-0.2, 0) is 0 Å². The highest BCUT2D eigenvalue weighted by atomic mass is 16.6. The number of hydrogen-bond donors (Lipinski definition) is 4. The molecule has 2 spiro atoms. The Kier molecular flexibility index (Phi) is 1.35. The molecule has 2 saturated heterocycles. The van der Waals surface area contributed by atoms with Crippen molar-refractivity contribution in [3.8, 4) is 0 Å². The zero-order valence-electron chi connectivity index (χ0n) is 9.06. The normalized spacial score (nSPS) is 43.9. The van der Waals surface area contributed by atoms with Gasteiger partial charge in [-0.3, -0.25) is 0 Å². The van der Waals surface area contributed by atoms with Crippen LogP contribution in [0.25, 0.3) is 0 Å². The first kappa shape index (κ1) is 9.79. The van der Waals surface area contributed by atoms with E-state index in [1.807, 2.05) is 0 Å². The molecule has 0 aromatic carbocycles. The summed E-state index contributed by atoms with van der Waals surface area (Å²) in [6.07, 6.45) is 4.46. The lowest BCUT2D eigenvalue weighted by atomic mass is 9.89. The molecule has 2 saturated carbocycles. The van der Waals surface area contributed by atoms with Gasteiger partial charge in [0, 0.05) is 17.9 Å². The van der Waals surface area contributed by atoms with Crippen LogP contribution in [0.2, 0.25) is 0 Å². The summed E-state index contributed by atoms with van der Waals surface area (Å²) < 4.78 is 0. The van der Waals surface area contributed by atoms with Gasteiger partial charge in [-0.1, -0.05) is 0 Å². The molecule has 4 rings (SSSR count). The fourth-order valence-corrected chi connectivity index (χ4v) is 4.10. The quantitative estimate of drug-likeness (QED) is 0.411. The van der Waals surface area contributed by atoms with Gasteiger partial charge in [-0.05, 0) is 37.5 Å². The second-order valence-electron chi connectivity index (χ2n) is 6.32. The maximum Gasteiger partial charge on any atom is 0.235 e. The predicted octanol–water partition coefficient (Wildman–Crippen LogP) is -0.698. The van der Waals surface area contributed by atoms with Crippen molar-refractivity contribution in [1.82, 2.24) is 4.90 Å². The summed E-state index contributed by atoms with van der Waals surface area (Å²) in [6, 6.07) is -0.0694. The minimum Gasteiger partial charge on any atom is -0.353 e. The van der Waals surface area contributed by atoms with E-state index in [-0.39, 0.29) is 17.9 Å². The summed E-state index contributed by atoms with van der Waals surface area (Å²) in [4.78, 5) is 1.17. The van der Waals surface area contributed by atoms with E-state index in [9.17, 15) is 20.4 Å². The lowest BCUT2D eigenvalue weighted by Crippen LogP contribution is -2.59. The molecule has 5 nitrogen and oxygen atoms in total. The van der Waals surface area contributed by atoms with Gasteiger partial charge in [-0.2, -0.15) is 4.90 Å². The first-order valence-corrected chi connectivity index (χ1v) is 6.02. The van der Waals surface area contributed by atoms with Crippen LogP contribution in [0.15, 0.2) is 0 Å². The molecule has 2 aliphatic heterocycles. The van der Waals surface area contributed by atoms with Gasteiger partial charge in [-0.25, -0.2) is 0 Å². The fraction of sp³-hybridized carbons (Fsp3) is 1.00. The van der Waals surface area contributed by atoms with Crippen LogP contribution in [-0.4, -0.2) is 43.2 Å². The van der Waals surface area contributed by atoms with Crippen LogP contribution in [0, 0.1) is 10.8 Å². The molecular formula is C11H17NO4. The summed E-state index contributed by atoms with van der Waals surface area (Å²) in [5, 5.41) is 40.4. The Hall–Kier alpha value is -0.200. The Bertz CT molecular complexity index is 370. The van der Waals surface area contributed by atoms with Gasteiger partial charge in [0.05, 0.1) is 0 Å². The van der Waals surface area contributed by atoms with Crippen LogP contribution in [0.4, 0.5) is 0 Å². The number of hydrogen-bond acceptors (Lipinski definition) is 5. The molecule has 1 atom stereocenters. The molecule has 4 aliphatic rings. The van der Waals surface area contributed by atoms with Crippen LogP contribution in [0.1, 0.15) is 38.5 Å². The molecule has 1 unspecified atom stereocenters. The molecule has 4 fully saturated rings. The fourth-order valence-electron chi connectivity index (χ4n) is 4.10. The maximum absolute atomic E-state index is 10.2. The largest absolute Gasteiger partial charge is 0.353 e. The lowest BCUT2D eigenvalue weighted by Gasteiger charge is -2.38. The van der Waals surface area contributed by atoms with Crippen molar-refractivity contribution in [2.24, 2.45) is 10.8 Å². The molecular weight excluding hydrogens is 210 g/mol. The van der Waals surface area contributed by atoms with Crippen LogP contribution in [0.3, 0.4) is 0 Å². The van der Waals surface area contributed by atoms with Gasteiger partial charge in [-0.15, -0.1) is 0 Å². The zero-order chi connectivity index (χ0) is 11.4. The summed E-state index contributed by atoms with van der Waals surface area (Å²) in [6.45, 7) is 0. The van der Waals surface area contributed by atoms with Gasteiger partial charge in [0.1, 0.15) is 0 Å². The van der Waals surface area contributed by atoms with E-state index in [0.29, 0.717) is 6.42 Å². The highest BCUT2D eigenvalue weighted by molar-refractivity contribution is 5.22. The minimum absolute atomic E-state index is 0.0632. The Labute approximate surface area is 93.3 Å². The maximum atomic E-state index is 10.2. The second kappa shape index (κ2) is 2.20. The predicted molar refractivity (Wildman–Crippen MR) is 52.5 cm³/mol. The molecule has 0 amide bonds. The molecule has 0 aromatic rings. The number of nitrogens with zero attached hydrogens (tertiary/aromatic N) is 1. The van der Waals surface area contributed by atoms with E-state index in [0.717, 1.165) is 25.7 Å². The Morgan fingerprint density at radius 2 is 1.56 bits per heavy atom. The molecule has 2 heterocycles. The third kappa shape index (κ3) is 0.843. The molecule has 90 valence electrons. The van der Waals surface area contributed by atoms with Gasteiger partial charge in [0.15, 0.2) is 0 Å². The van der Waals surface area contributed by atoms with E-state index in [1.165, 1.54) is 4.90 Å². The molecule has 0 bridgehead atoms. The molecule has 0 radical (unpaired) electrons. The Morgan fingerprint density at radius 3 is 2.06 bits per heavy atom. The van der Waals surface area contributed by atoms with E-state index < -0.39 is 17.2 Å². The summed E-state index contributed by atoms with van der Waals surface area (Å²) >= 11 is 0. The van der Waals surface area contributed by atoms with E-state index in [1.54, 1.807) is 0 Å². The van der Waals surface area contributed by atoms with Gasteiger partial charge in [0.2, 0.25) is 11.8 Å². The van der Waals surface area contributed by atoms with Crippen molar-refractivity contribution in [1.29, 1.82) is 0 Å². The highest BCUT2D eigenvalue weighted by Gasteiger charge is 2.79. The van der Waals surface area contributed by atoms with Crippen LogP contribution >= 0.6 is 0 Å². The smallest absolute Gasteiger partial charge is 0.235 e. The minimum atomic E-state index is -2.04. The van der Waals surface area contributed by atoms with Crippen LogP contribution < -0.4 is 0 Å². The lowest BCUT2D eigenvalue weighted by molar-refractivity contribution is -0.378. The first-order chi connectivity index (χ1) is 7.33. The SMILES string of the molecule is OC1(O)CC2(CC2)C2CC3(CC3)C(O)(O)N21. The number of fused-ring (bicyclic) bond motifs is 2. The first-order valence-electron chi connectivity index (χ1n) is 6.02. The third-order valence-corrected chi connectivity index (χ3v) is 5.37. The van der Waals surface area contributed by atoms with E-state index >= 15 is 0 Å². The van der Waals surface area contributed by atoms with E-state index in [4.69, 9.17) is 0 Å². The average molecular weight is 227 g/mol. The van der Waals surface area contributed by atoms with Gasteiger partial charge >= 0.3 is 0 Å². The molecule has 16 heavy (non-hydrogen) atoms. The topological polar surface area (TPSA) is 84.2 Å². The standard InChI is InChI=1S/C11H17NO4/c13-10(14)6-8(1-2-8)7-5-9(3-4-9)11(15,16)12(7)10/h7,13-16H,1-6H2. The molecule has 2 aliphatic carbocycles. The van der Waals surface area contributed by atoms with Crippen molar-refractivity contribution < 1.29 is 20.4 Å². The number of rotatable bonds is 0. The van der Waals surface area contributed by atoms with Crippen LogP contribution in [0.5, 0.6) is 0 Å². The highest BCUT2D eigenvalue weighted by Crippen LogP contribution is 2.73. The number of aliphatic hydroxyl groups is 4. The third-order valence-electron chi connectivity index (χ3n) is 5.37. The van der Waals surface area contributed by atoms with Crippen molar-refractivity contribution in [3.05, 3.63) is 0 Å². The van der Waals surface area contributed by atoms with Gasteiger partial charge < -0.3 is 20.4 Å². The monoisotopic (exact) mass is 227 g/mol. The van der Waals surface area contributed by atoms with Gasteiger partial charge in [0.25, 0.3) is 0 Å². The summed E-state index contributed by atoms with van der Waals surface area (Å²) in [7, 11) is 0. The Morgan fingerprint density at radius 1 is 0.938 bits per heavy atom. The molecule has 0 aromatic heterocycles. The van der Waals surface area contributed by atoms with Crippen molar-refractivity contribution in [2.45, 2.75) is 56.4 Å². The molecule has 4 N–H and O–H groups in total. The Balaban J connectivity index is 1.82. The zero-order valence-corrected chi connectivity index (χ0v) is 9.06. The van der Waals surface area contributed by atoms with Crippen molar-refractivity contribution in [3.63, 3.8) is 0 Å². The summed E-state index contributed by atoms with van der Waals surface area (Å²) in [5.41, 5.74) is -0.559. The average Bonchev–Trinajstić information content (AvgIpc) is 2.95. The summed E-state index contributed by atoms with van der Waals surface area (Å²) in [5.74, 6) is -4.08. The van der Waals surface area contributed by atoms with Crippen molar-refractivity contribution in [2.75, 3.05) is 0 Å². The van der Waals surface area contributed by atoms with E-state index in [2.05, 4.69) is 0 Å².